The summed E-state index contributed by atoms with van der Waals surface area (Å²) in [4.78, 5) is 27.2. The predicted octanol–water partition coefficient (Wildman–Crippen LogP) is 2.25. The molecule has 1 aromatic carbocycles. The van der Waals surface area contributed by atoms with E-state index in [1.54, 1.807) is 24.8 Å². The minimum atomic E-state index is -1.20. The first-order chi connectivity index (χ1) is 14.4. The van der Waals surface area contributed by atoms with Crippen molar-refractivity contribution >= 4 is 12.1 Å². The summed E-state index contributed by atoms with van der Waals surface area (Å²) in [5.74, 6) is -0.428. The number of piperidine rings is 1. The second-order valence-electron chi connectivity index (χ2n) is 8.72. The zero-order valence-electron chi connectivity index (χ0n) is 17.6. The molecule has 7 nitrogen and oxygen atoms in total. The number of esters is 1. The van der Waals surface area contributed by atoms with Crippen LogP contribution in [0.5, 0.6) is 0 Å². The van der Waals surface area contributed by atoms with Gasteiger partial charge in [0.1, 0.15) is 6.61 Å². The summed E-state index contributed by atoms with van der Waals surface area (Å²) in [6.07, 6.45) is 2.72. The molecule has 2 fully saturated rings. The van der Waals surface area contributed by atoms with Gasteiger partial charge in [-0.05, 0) is 44.9 Å². The van der Waals surface area contributed by atoms with E-state index in [2.05, 4.69) is 5.32 Å². The maximum Gasteiger partial charge on any atom is 0.410 e. The predicted molar refractivity (Wildman–Crippen MR) is 110 cm³/mol. The fourth-order valence-electron chi connectivity index (χ4n) is 5.59. The van der Waals surface area contributed by atoms with Crippen LogP contribution in [-0.4, -0.2) is 60.0 Å². The number of benzene rings is 1. The van der Waals surface area contributed by atoms with E-state index >= 15 is 0 Å². The monoisotopic (exact) mass is 414 g/mol. The largest absolute Gasteiger partial charge is 0.463 e. The molecule has 0 saturated carbocycles. The SMILES string of the molecule is CCOC(=O)C1=C[C@](C)(O)[C@@H]2NCC[C@@]23CN(C(=O)OCc2ccccc2)CC[C@@H]13. The van der Waals surface area contributed by atoms with Crippen molar-refractivity contribution in [1.29, 1.82) is 0 Å². The van der Waals surface area contributed by atoms with Crippen molar-refractivity contribution in [3.8, 4) is 0 Å². The molecule has 2 aliphatic heterocycles. The quantitative estimate of drug-likeness (QED) is 0.735. The summed E-state index contributed by atoms with van der Waals surface area (Å²) in [6.45, 7) is 5.69. The summed E-state index contributed by atoms with van der Waals surface area (Å²) in [6, 6.07) is 9.35. The highest BCUT2D eigenvalue weighted by atomic mass is 16.6. The molecule has 1 aromatic rings. The lowest BCUT2D eigenvalue weighted by Gasteiger charge is -2.54. The van der Waals surface area contributed by atoms with Crippen molar-refractivity contribution in [3.63, 3.8) is 0 Å². The second-order valence-corrected chi connectivity index (χ2v) is 8.72. The molecule has 0 unspecified atom stereocenters. The van der Waals surface area contributed by atoms with Gasteiger partial charge in [-0.15, -0.1) is 0 Å². The van der Waals surface area contributed by atoms with E-state index < -0.39 is 11.0 Å². The van der Waals surface area contributed by atoms with Crippen LogP contribution in [0.15, 0.2) is 42.0 Å². The minimum absolute atomic E-state index is 0.0602. The maximum absolute atomic E-state index is 12.8. The summed E-state index contributed by atoms with van der Waals surface area (Å²) >= 11 is 0. The lowest BCUT2D eigenvalue weighted by atomic mass is 9.56. The van der Waals surface area contributed by atoms with Gasteiger partial charge >= 0.3 is 12.1 Å². The molecule has 0 radical (unpaired) electrons. The average molecular weight is 415 g/mol. The molecule has 2 heterocycles. The van der Waals surface area contributed by atoms with Crippen molar-refractivity contribution in [2.24, 2.45) is 11.3 Å². The molecule has 30 heavy (non-hydrogen) atoms. The highest BCUT2D eigenvalue weighted by molar-refractivity contribution is 5.90. The maximum atomic E-state index is 12.8. The molecule has 2 N–H and O–H groups in total. The first kappa shape index (κ1) is 20.9. The lowest BCUT2D eigenvalue weighted by Crippen LogP contribution is -2.65. The molecule has 1 amide bonds. The number of likely N-dealkylation sites (tertiary alicyclic amines) is 1. The Morgan fingerprint density at radius 3 is 2.77 bits per heavy atom. The summed E-state index contributed by atoms with van der Waals surface area (Å²) in [5.41, 5.74) is -0.150. The van der Waals surface area contributed by atoms with Crippen LogP contribution >= 0.6 is 0 Å². The highest BCUT2D eigenvalue weighted by Gasteiger charge is 2.61. The third-order valence-corrected chi connectivity index (χ3v) is 6.76. The van der Waals surface area contributed by atoms with Gasteiger partial charge in [-0.25, -0.2) is 9.59 Å². The third kappa shape index (κ3) is 3.61. The molecule has 0 bridgehead atoms. The number of nitrogens with one attached hydrogen (secondary N) is 1. The van der Waals surface area contributed by atoms with E-state index in [0.717, 1.165) is 18.5 Å². The summed E-state index contributed by atoms with van der Waals surface area (Å²) < 4.78 is 10.8. The van der Waals surface area contributed by atoms with Crippen LogP contribution in [0.3, 0.4) is 0 Å². The number of rotatable bonds is 4. The number of ether oxygens (including phenoxy) is 2. The average Bonchev–Trinajstić information content (AvgIpc) is 3.16. The number of carbonyl (C=O) groups excluding carboxylic acids is 2. The summed E-state index contributed by atoms with van der Waals surface area (Å²) in [7, 11) is 0. The van der Waals surface area contributed by atoms with E-state index in [0.29, 0.717) is 25.1 Å². The Kier molecular flexibility index (Phi) is 5.59. The molecular weight excluding hydrogens is 384 g/mol. The smallest absolute Gasteiger partial charge is 0.410 e. The topological polar surface area (TPSA) is 88.1 Å². The molecule has 4 rings (SSSR count). The van der Waals surface area contributed by atoms with Gasteiger partial charge in [0.25, 0.3) is 0 Å². The number of nitrogens with zero attached hydrogens (tertiary/aromatic N) is 1. The second kappa shape index (κ2) is 8.04. The molecule has 0 aromatic heterocycles. The molecule has 162 valence electrons. The van der Waals surface area contributed by atoms with E-state index in [4.69, 9.17) is 9.47 Å². The van der Waals surface area contributed by atoms with Gasteiger partial charge in [0.05, 0.1) is 12.2 Å². The van der Waals surface area contributed by atoms with Crippen LogP contribution in [0.1, 0.15) is 32.3 Å². The zero-order valence-corrected chi connectivity index (χ0v) is 17.6. The molecule has 1 aliphatic carbocycles. The van der Waals surface area contributed by atoms with Crippen molar-refractivity contribution < 1.29 is 24.2 Å². The van der Waals surface area contributed by atoms with Gasteiger partial charge in [0.15, 0.2) is 0 Å². The normalized spacial score (nSPS) is 32.6. The van der Waals surface area contributed by atoms with Crippen LogP contribution in [0.25, 0.3) is 0 Å². The Morgan fingerprint density at radius 2 is 2.03 bits per heavy atom. The van der Waals surface area contributed by atoms with Crippen LogP contribution in [-0.2, 0) is 20.9 Å². The van der Waals surface area contributed by atoms with Crippen LogP contribution in [0.2, 0.25) is 0 Å². The molecule has 4 atom stereocenters. The number of aliphatic hydroxyl groups is 1. The van der Waals surface area contributed by atoms with Crippen molar-refractivity contribution in [2.75, 3.05) is 26.2 Å². The van der Waals surface area contributed by atoms with Gasteiger partial charge < -0.3 is 24.8 Å². The Labute approximate surface area is 177 Å². The zero-order chi connectivity index (χ0) is 21.4. The fourth-order valence-corrected chi connectivity index (χ4v) is 5.59. The van der Waals surface area contributed by atoms with Crippen molar-refractivity contribution in [3.05, 3.63) is 47.5 Å². The Bertz CT molecular complexity index is 837. The summed E-state index contributed by atoms with van der Waals surface area (Å²) in [5, 5.41) is 14.6. The van der Waals surface area contributed by atoms with Gasteiger partial charge in [-0.2, -0.15) is 0 Å². The minimum Gasteiger partial charge on any atom is -0.463 e. The first-order valence-corrected chi connectivity index (χ1v) is 10.7. The molecule has 3 aliphatic rings. The molecule has 7 heteroatoms. The van der Waals surface area contributed by atoms with Crippen LogP contribution in [0.4, 0.5) is 4.79 Å². The molecule has 1 spiro atoms. The van der Waals surface area contributed by atoms with Gasteiger partial charge in [0, 0.05) is 36.0 Å². The van der Waals surface area contributed by atoms with E-state index in [1.165, 1.54) is 0 Å². The number of hydrogen-bond donors (Lipinski definition) is 2. The van der Waals surface area contributed by atoms with Gasteiger partial charge in [-0.1, -0.05) is 30.3 Å². The lowest BCUT2D eigenvalue weighted by molar-refractivity contribution is -0.142. The third-order valence-electron chi connectivity index (χ3n) is 6.76. The highest BCUT2D eigenvalue weighted by Crippen LogP contribution is 2.54. The van der Waals surface area contributed by atoms with Gasteiger partial charge in [-0.3, -0.25) is 0 Å². The number of carbonyl (C=O) groups is 2. The Balaban J connectivity index is 1.55. The Morgan fingerprint density at radius 1 is 1.27 bits per heavy atom. The number of hydrogen-bond acceptors (Lipinski definition) is 6. The molecule has 2 saturated heterocycles. The van der Waals surface area contributed by atoms with Gasteiger partial charge in [0.2, 0.25) is 0 Å². The van der Waals surface area contributed by atoms with E-state index in [9.17, 15) is 14.7 Å². The molecular formula is C23H30N2O5. The standard InChI is InChI=1S/C23H30N2O5/c1-3-29-19(26)17-13-22(2,28)20-23(10-11-24-20)15-25(12-9-18(17)23)21(27)30-14-16-7-5-4-6-8-16/h4-8,13,18,20,24,28H,3,9-12,14-15H2,1-2H3/t18-,20-,22-,23-/m0/s1. The Hall–Kier alpha value is -2.38. The van der Waals surface area contributed by atoms with E-state index in [-0.39, 0.29) is 37.2 Å². The van der Waals surface area contributed by atoms with Crippen molar-refractivity contribution in [2.45, 2.75) is 44.9 Å². The van der Waals surface area contributed by atoms with E-state index in [1.807, 2.05) is 30.3 Å². The fraction of sp³-hybridized carbons (Fsp3) is 0.565. The first-order valence-electron chi connectivity index (χ1n) is 10.7. The van der Waals surface area contributed by atoms with Crippen molar-refractivity contribution in [1.82, 2.24) is 10.2 Å². The number of amides is 1. The van der Waals surface area contributed by atoms with Crippen LogP contribution < -0.4 is 5.32 Å². The van der Waals surface area contributed by atoms with Crippen LogP contribution in [0, 0.1) is 11.3 Å².